The topological polar surface area (TPSA) is 50.4 Å². The molecule has 1 aromatic rings. The van der Waals surface area contributed by atoms with Gasteiger partial charge in [-0.2, -0.15) is 0 Å². The van der Waals surface area contributed by atoms with Crippen LogP contribution >= 0.6 is 0 Å². The lowest BCUT2D eigenvalue weighted by molar-refractivity contribution is 0.132. The van der Waals surface area contributed by atoms with Gasteiger partial charge in [0.25, 0.3) is 0 Å². The largest absolute Gasteiger partial charge is 0.445 e. The standard InChI is InChI=1S/C12H15FN2O2/c13-10-6-14-7-11(10)15-12(16)17-8-9-4-2-1-3-5-9/h1-5,10-11,14H,6-8H2,(H,15,16)/t10-,11?/m1/s1. The van der Waals surface area contributed by atoms with Crippen LogP contribution in [0.1, 0.15) is 5.56 Å². The Kier molecular flexibility index (Phi) is 3.93. The summed E-state index contributed by atoms with van der Waals surface area (Å²) in [6.45, 7) is 0.926. The van der Waals surface area contributed by atoms with Gasteiger partial charge in [-0.25, -0.2) is 9.18 Å². The van der Waals surface area contributed by atoms with Crippen LogP contribution in [0, 0.1) is 0 Å². The second kappa shape index (κ2) is 5.63. The van der Waals surface area contributed by atoms with E-state index in [0.29, 0.717) is 6.54 Å². The Bertz CT molecular complexity index is 372. The Hall–Kier alpha value is -1.62. The van der Waals surface area contributed by atoms with Crippen LogP contribution < -0.4 is 10.6 Å². The maximum atomic E-state index is 13.2. The summed E-state index contributed by atoms with van der Waals surface area (Å²) in [4.78, 5) is 11.4. The minimum atomic E-state index is -1.04. The Labute approximate surface area is 99.2 Å². The van der Waals surface area contributed by atoms with Crippen molar-refractivity contribution in [2.45, 2.75) is 18.8 Å². The van der Waals surface area contributed by atoms with E-state index in [1.54, 1.807) is 0 Å². The third-order valence-electron chi connectivity index (χ3n) is 2.66. The highest BCUT2D eigenvalue weighted by atomic mass is 19.1. The SMILES string of the molecule is O=C(NC1CNC[C@H]1F)OCc1ccccc1. The van der Waals surface area contributed by atoms with Crippen molar-refractivity contribution in [3.8, 4) is 0 Å². The molecule has 0 radical (unpaired) electrons. The van der Waals surface area contributed by atoms with Gasteiger partial charge in [-0.1, -0.05) is 30.3 Å². The molecule has 5 heteroatoms. The lowest BCUT2D eigenvalue weighted by atomic mass is 10.2. The van der Waals surface area contributed by atoms with Crippen molar-refractivity contribution in [1.29, 1.82) is 0 Å². The van der Waals surface area contributed by atoms with E-state index in [0.717, 1.165) is 5.56 Å². The summed E-state index contributed by atoms with van der Waals surface area (Å²) in [5.41, 5.74) is 0.906. The zero-order valence-corrected chi connectivity index (χ0v) is 9.36. The van der Waals surface area contributed by atoms with Crippen LogP contribution in [0.25, 0.3) is 0 Å². The smallest absolute Gasteiger partial charge is 0.407 e. The molecule has 0 spiro atoms. The van der Waals surface area contributed by atoms with Crippen molar-refractivity contribution in [3.05, 3.63) is 35.9 Å². The highest BCUT2D eigenvalue weighted by Gasteiger charge is 2.28. The Morgan fingerprint density at radius 3 is 2.82 bits per heavy atom. The van der Waals surface area contributed by atoms with Gasteiger partial charge in [0.05, 0.1) is 6.04 Å². The number of amides is 1. The van der Waals surface area contributed by atoms with Gasteiger partial charge in [0.2, 0.25) is 0 Å². The molecule has 92 valence electrons. The van der Waals surface area contributed by atoms with Crippen molar-refractivity contribution in [2.24, 2.45) is 0 Å². The van der Waals surface area contributed by atoms with Gasteiger partial charge in [0, 0.05) is 13.1 Å². The molecule has 1 aliphatic rings. The number of alkyl carbamates (subject to hydrolysis) is 1. The Morgan fingerprint density at radius 1 is 1.41 bits per heavy atom. The average Bonchev–Trinajstić information content (AvgIpc) is 2.74. The van der Waals surface area contributed by atoms with Crippen LogP contribution in [-0.4, -0.2) is 31.4 Å². The molecule has 0 bridgehead atoms. The molecule has 1 unspecified atom stereocenters. The maximum Gasteiger partial charge on any atom is 0.407 e. The maximum absolute atomic E-state index is 13.2. The highest BCUT2D eigenvalue weighted by molar-refractivity contribution is 5.67. The van der Waals surface area contributed by atoms with E-state index in [2.05, 4.69) is 10.6 Å². The van der Waals surface area contributed by atoms with Gasteiger partial charge in [0.1, 0.15) is 12.8 Å². The van der Waals surface area contributed by atoms with Crippen LogP contribution in [0.15, 0.2) is 30.3 Å². The molecular weight excluding hydrogens is 223 g/mol. The molecule has 2 atom stereocenters. The average molecular weight is 238 g/mol. The third kappa shape index (κ3) is 3.42. The number of hydrogen-bond donors (Lipinski definition) is 2. The quantitative estimate of drug-likeness (QED) is 0.832. The summed E-state index contributed by atoms with van der Waals surface area (Å²) < 4.78 is 18.2. The Morgan fingerprint density at radius 2 is 2.18 bits per heavy atom. The van der Waals surface area contributed by atoms with E-state index < -0.39 is 18.3 Å². The zero-order chi connectivity index (χ0) is 12.1. The summed E-state index contributed by atoms with van der Waals surface area (Å²) in [5.74, 6) is 0. The van der Waals surface area contributed by atoms with Gasteiger partial charge in [-0.05, 0) is 5.56 Å². The molecule has 2 N–H and O–H groups in total. The first-order chi connectivity index (χ1) is 8.25. The molecule has 0 saturated carbocycles. The first-order valence-corrected chi connectivity index (χ1v) is 5.57. The van der Waals surface area contributed by atoms with Crippen molar-refractivity contribution < 1.29 is 13.9 Å². The van der Waals surface area contributed by atoms with Gasteiger partial charge in [0.15, 0.2) is 0 Å². The van der Waals surface area contributed by atoms with Crippen molar-refractivity contribution in [2.75, 3.05) is 13.1 Å². The number of carbonyl (C=O) groups excluding carboxylic acids is 1. The summed E-state index contributed by atoms with van der Waals surface area (Å²) in [6, 6.07) is 8.87. The van der Waals surface area contributed by atoms with E-state index in [1.165, 1.54) is 0 Å². The van der Waals surface area contributed by atoms with Gasteiger partial charge in [-0.3, -0.25) is 0 Å². The monoisotopic (exact) mass is 238 g/mol. The fourth-order valence-corrected chi connectivity index (χ4v) is 1.70. The molecule has 0 aromatic heterocycles. The normalized spacial score (nSPS) is 23.4. The third-order valence-corrected chi connectivity index (χ3v) is 2.66. The molecule has 1 aromatic carbocycles. The van der Waals surface area contributed by atoms with E-state index in [1.807, 2.05) is 30.3 Å². The van der Waals surface area contributed by atoms with E-state index in [-0.39, 0.29) is 13.2 Å². The molecule has 1 fully saturated rings. The predicted molar refractivity (Wildman–Crippen MR) is 61.3 cm³/mol. The minimum Gasteiger partial charge on any atom is -0.445 e. The van der Waals surface area contributed by atoms with E-state index in [9.17, 15) is 9.18 Å². The fraction of sp³-hybridized carbons (Fsp3) is 0.417. The van der Waals surface area contributed by atoms with Crippen molar-refractivity contribution in [3.63, 3.8) is 0 Å². The number of carbonyl (C=O) groups is 1. The second-order valence-electron chi connectivity index (χ2n) is 3.99. The highest BCUT2D eigenvalue weighted by Crippen LogP contribution is 2.05. The first-order valence-electron chi connectivity index (χ1n) is 5.57. The van der Waals surface area contributed by atoms with E-state index >= 15 is 0 Å². The van der Waals surface area contributed by atoms with Crippen LogP contribution in [-0.2, 0) is 11.3 Å². The van der Waals surface area contributed by atoms with Gasteiger partial charge in [-0.15, -0.1) is 0 Å². The van der Waals surface area contributed by atoms with Crippen molar-refractivity contribution in [1.82, 2.24) is 10.6 Å². The number of benzene rings is 1. The fourth-order valence-electron chi connectivity index (χ4n) is 1.70. The zero-order valence-electron chi connectivity index (χ0n) is 9.36. The van der Waals surface area contributed by atoms with Crippen LogP contribution in [0.5, 0.6) is 0 Å². The lowest BCUT2D eigenvalue weighted by Gasteiger charge is -2.13. The van der Waals surface area contributed by atoms with E-state index in [4.69, 9.17) is 4.74 Å². The number of rotatable bonds is 3. The summed E-state index contributed by atoms with van der Waals surface area (Å²) in [6.07, 6.45) is -1.62. The summed E-state index contributed by atoms with van der Waals surface area (Å²) in [7, 11) is 0. The molecule has 1 aliphatic heterocycles. The molecule has 2 rings (SSSR count). The number of alkyl halides is 1. The predicted octanol–water partition coefficient (Wildman–Crippen LogP) is 1.22. The summed E-state index contributed by atoms with van der Waals surface area (Å²) in [5, 5.41) is 5.36. The van der Waals surface area contributed by atoms with Crippen LogP contribution in [0.4, 0.5) is 9.18 Å². The number of halogens is 1. The molecule has 1 heterocycles. The summed E-state index contributed by atoms with van der Waals surface area (Å²) >= 11 is 0. The first kappa shape index (κ1) is 11.9. The lowest BCUT2D eigenvalue weighted by Crippen LogP contribution is -2.41. The van der Waals surface area contributed by atoms with Crippen LogP contribution in [0.2, 0.25) is 0 Å². The van der Waals surface area contributed by atoms with Crippen molar-refractivity contribution >= 4 is 6.09 Å². The number of hydrogen-bond acceptors (Lipinski definition) is 3. The number of nitrogens with one attached hydrogen (secondary N) is 2. The van der Waals surface area contributed by atoms with Crippen LogP contribution in [0.3, 0.4) is 0 Å². The van der Waals surface area contributed by atoms with Gasteiger partial charge < -0.3 is 15.4 Å². The molecule has 0 aliphatic carbocycles. The minimum absolute atomic E-state index is 0.198. The molecule has 1 amide bonds. The van der Waals surface area contributed by atoms with Gasteiger partial charge >= 0.3 is 6.09 Å². The molecule has 1 saturated heterocycles. The number of ether oxygens (including phenoxy) is 1. The Balaban J connectivity index is 1.74. The second-order valence-corrected chi connectivity index (χ2v) is 3.99. The molecular formula is C12H15FN2O2. The molecule has 4 nitrogen and oxygen atoms in total. The molecule has 17 heavy (non-hydrogen) atoms.